The Morgan fingerprint density at radius 2 is 1.31 bits per heavy atom. The van der Waals surface area contributed by atoms with E-state index >= 15 is 0 Å². The molecule has 0 radical (unpaired) electrons. The Balaban J connectivity index is 4.58. The van der Waals surface area contributed by atoms with Crippen LogP contribution in [-0.2, 0) is 0 Å². The van der Waals surface area contributed by atoms with Gasteiger partial charge in [-0.25, -0.2) is 0 Å². The Bertz CT molecular complexity index is 160. The van der Waals surface area contributed by atoms with Crippen molar-refractivity contribution in [2.45, 2.75) is 53.1 Å². The van der Waals surface area contributed by atoms with Crippen LogP contribution in [0.15, 0.2) is 0 Å². The van der Waals surface area contributed by atoms with Crippen molar-refractivity contribution < 1.29 is 0 Å². The molecular formula is C12H29P. The molecule has 0 aliphatic rings. The molecule has 0 rings (SSSR count). The minimum atomic E-state index is -1.07. The summed E-state index contributed by atoms with van der Waals surface area (Å²) in [7, 11) is -1.07. The van der Waals surface area contributed by atoms with Gasteiger partial charge in [0.05, 0.1) is 0 Å². The minimum absolute atomic E-state index is 0.502. The molecular weight excluding hydrogens is 175 g/mol. The summed E-state index contributed by atoms with van der Waals surface area (Å²) in [6.45, 7) is 19.4. The summed E-state index contributed by atoms with van der Waals surface area (Å²) in [5.74, 6) is 0. The summed E-state index contributed by atoms with van der Waals surface area (Å²) >= 11 is 0. The zero-order valence-electron chi connectivity index (χ0n) is 10.9. The van der Waals surface area contributed by atoms with Crippen molar-refractivity contribution in [1.29, 1.82) is 0 Å². The van der Waals surface area contributed by atoms with Crippen molar-refractivity contribution in [2.75, 3.05) is 19.5 Å². The van der Waals surface area contributed by atoms with Crippen molar-refractivity contribution in [1.82, 2.24) is 0 Å². The van der Waals surface area contributed by atoms with Gasteiger partial charge < -0.3 is 0 Å². The fourth-order valence-corrected chi connectivity index (χ4v) is 6.13. The molecule has 0 fully saturated rings. The van der Waals surface area contributed by atoms with E-state index in [9.17, 15) is 0 Å². The summed E-state index contributed by atoms with van der Waals surface area (Å²) in [5.41, 5.74) is 0.502. The zero-order valence-corrected chi connectivity index (χ0v) is 11.9. The van der Waals surface area contributed by atoms with Gasteiger partial charge in [0.25, 0.3) is 0 Å². The molecule has 0 aromatic rings. The molecule has 0 aromatic heterocycles. The van der Waals surface area contributed by atoms with Crippen LogP contribution < -0.4 is 0 Å². The predicted octanol–water partition coefficient (Wildman–Crippen LogP) is 4.23. The van der Waals surface area contributed by atoms with Gasteiger partial charge in [-0.3, -0.25) is 0 Å². The maximum absolute atomic E-state index is 2.54. The molecule has 0 saturated carbocycles. The van der Waals surface area contributed by atoms with Crippen LogP contribution in [-0.4, -0.2) is 24.6 Å². The van der Waals surface area contributed by atoms with Crippen LogP contribution in [0.2, 0.25) is 0 Å². The maximum atomic E-state index is 2.54. The topological polar surface area (TPSA) is 0 Å². The van der Waals surface area contributed by atoms with Crippen LogP contribution >= 0.6 is 7.26 Å². The van der Waals surface area contributed by atoms with Crippen LogP contribution in [0.5, 0.6) is 0 Å². The molecule has 13 heavy (non-hydrogen) atoms. The van der Waals surface area contributed by atoms with Crippen molar-refractivity contribution in [3.63, 3.8) is 0 Å². The van der Waals surface area contributed by atoms with Gasteiger partial charge in [0.1, 0.15) is 0 Å². The summed E-state index contributed by atoms with van der Waals surface area (Å²) in [4.78, 5) is 0. The Morgan fingerprint density at radius 3 is 1.54 bits per heavy atom. The molecule has 0 heterocycles. The summed E-state index contributed by atoms with van der Waals surface area (Å²) in [6, 6.07) is 0. The van der Waals surface area contributed by atoms with Crippen molar-refractivity contribution >= 4 is 7.26 Å². The van der Waals surface area contributed by atoms with Crippen molar-refractivity contribution in [3.8, 4) is 0 Å². The van der Waals surface area contributed by atoms with E-state index in [-0.39, 0.29) is 0 Å². The molecule has 0 aromatic carbocycles. The van der Waals surface area contributed by atoms with E-state index in [0.29, 0.717) is 10.6 Å². The van der Waals surface area contributed by atoms with Gasteiger partial charge >= 0.3 is 85.3 Å². The van der Waals surface area contributed by atoms with Gasteiger partial charge in [0, 0.05) is 0 Å². The molecule has 1 heteroatoms. The van der Waals surface area contributed by atoms with Crippen LogP contribution in [0.25, 0.3) is 0 Å². The van der Waals surface area contributed by atoms with E-state index in [4.69, 9.17) is 0 Å². The van der Waals surface area contributed by atoms with E-state index in [1.54, 1.807) is 0 Å². The van der Waals surface area contributed by atoms with Gasteiger partial charge in [-0.15, -0.1) is 0 Å². The summed E-state index contributed by atoms with van der Waals surface area (Å²) in [6.07, 6.45) is 2.75. The first-order valence-electron chi connectivity index (χ1n) is 5.52. The molecule has 0 atom stereocenters. The third kappa shape index (κ3) is 3.98. The normalized spacial score (nSPS) is 16.0. The van der Waals surface area contributed by atoms with Gasteiger partial charge in [-0.2, -0.15) is 0 Å². The molecule has 0 unspecified atom stereocenters. The number of hydrogen-bond acceptors (Lipinski definition) is 0. The second-order valence-electron chi connectivity index (χ2n) is 6.86. The Hall–Kier alpha value is 0.430. The average molecular weight is 204 g/mol. The van der Waals surface area contributed by atoms with E-state index in [1.165, 1.54) is 12.6 Å². The third-order valence-corrected chi connectivity index (χ3v) is 9.65. The summed E-state index contributed by atoms with van der Waals surface area (Å²) < 4.78 is 0. The molecule has 82 valence electrons. The monoisotopic (exact) mass is 204 g/mol. The summed E-state index contributed by atoms with van der Waals surface area (Å²) in [5, 5.41) is 0.584. The first-order valence-corrected chi connectivity index (χ1v) is 8.72. The fourth-order valence-electron chi connectivity index (χ4n) is 2.04. The van der Waals surface area contributed by atoms with Crippen LogP contribution in [0, 0.1) is 5.41 Å². The molecule has 0 saturated heterocycles. The quantitative estimate of drug-likeness (QED) is 0.603. The van der Waals surface area contributed by atoms with Crippen molar-refractivity contribution in [3.05, 3.63) is 0 Å². The SMILES string of the molecule is CCC(C)(C)[PH](C)(C)CC(C)(C)C. The Labute approximate surface area is 85.8 Å². The van der Waals surface area contributed by atoms with Gasteiger partial charge in [0.2, 0.25) is 0 Å². The number of hydrogen-bond donors (Lipinski definition) is 0. The van der Waals surface area contributed by atoms with E-state index < -0.39 is 7.26 Å². The standard InChI is InChI=1S/C12H29P/c1-9-12(5,6)13(7,8)10-11(2,3)4/h13H,9-10H2,1-8H3. The van der Waals surface area contributed by atoms with Crippen LogP contribution in [0.4, 0.5) is 0 Å². The average Bonchev–Trinajstić information content (AvgIpc) is 1.81. The first-order chi connectivity index (χ1) is 5.52. The van der Waals surface area contributed by atoms with Gasteiger partial charge in [-0.1, -0.05) is 0 Å². The van der Waals surface area contributed by atoms with Gasteiger partial charge in [0.15, 0.2) is 0 Å². The Morgan fingerprint density at radius 1 is 0.923 bits per heavy atom. The first kappa shape index (κ1) is 13.4. The molecule has 0 aliphatic heterocycles. The second-order valence-corrected chi connectivity index (χ2v) is 12.3. The predicted molar refractivity (Wildman–Crippen MR) is 68.9 cm³/mol. The molecule has 0 aliphatic carbocycles. The zero-order chi connectivity index (χ0) is 10.9. The van der Waals surface area contributed by atoms with E-state index in [2.05, 4.69) is 54.9 Å². The third-order valence-electron chi connectivity index (χ3n) is 3.69. The molecule has 0 spiro atoms. The van der Waals surface area contributed by atoms with Crippen LogP contribution in [0.1, 0.15) is 48.0 Å². The molecule has 0 bridgehead atoms. The molecule has 0 amide bonds. The second kappa shape index (κ2) is 3.89. The Kier molecular flexibility index (Phi) is 4.02. The van der Waals surface area contributed by atoms with Crippen LogP contribution in [0.3, 0.4) is 0 Å². The molecule has 0 N–H and O–H groups in total. The van der Waals surface area contributed by atoms with Crippen molar-refractivity contribution in [2.24, 2.45) is 5.41 Å². The number of rotatable bonds is 3. The molecule has 0 nitrogen and oxygen atoms in total. The van der Waals surface area contributed by atoms with E-state index in [0.717, 1.165) is 0 Å². The van der Waals surface area contributed by atoms with Gasteiger partial charge in [-0.05, 0) is 0 Å². The van der Waals surface area contributed by atoms with E-state index in [1.807, 2.05) is 0 Å². The fraction of sp³-hybridized carbons (Fsp3) is 1.00.